The molecule has 0 spiro atoms. The molecule has 11 heteroatoms. The Morgan fingerprint density at radius 1 is 1.08 bits per heavy atom. The van der Waals surface area contributed by atoms with Gasteiger partial charge < -0.3 is 10.1 Å². The van der Waals surface area contributed by atoms with Crippen molar-refractivity contribution in [3.63, 3.8) is 0 Å². The van der Waals surface area contributed by atoms with Gasteiger partial charge in [-0.05, 0) is 69.1 Å². The SMILES string of the molecule is CCOc1cncc(-c2ccc(NC(=O)C3(c4cc(NS(=O)(=O)C5CC5)cnn4)CC4CC4C3)cc2)n1. The third-order valence-electron chi connectivity index (χ3n) is 7.44. The average molecular weight is 521 g/mol. The van der Waals surface area contributed by atoms with Gasteiger partial charge in [-0.15, -0.1) is 0 Å². The molecule has 3 aliphatic carbocycles. The van der Waals surface area contributed by atoms with Crippen molar-refractivity contribution in [2.45, 2.75) is 49.7 Å². The lowest BCUT2D eigenvalue weighted by molar-refractivity contribution is -0.122. The van der Waals surface area contributed by atoms with E-state index in [0.29, 0.717) is 72.8 Å². The second kappa shape index (κ2) is 9.05. The van der Waals surface area contributed by atoms with Crippen molar-refractivity contribution in [3.8, 4) is 17.1 Å². The summed E-state index contributed by atoms with van der Waals surface area (Å²) in [4.78, 5) is 22.4. The normalized spacial score (nSPS) is 24.2. The largest absolute Gasteiger partial charge is 0.477 e. The van der Waals surface area contributed by atoms with E-state index in [2.05, 4.69) is 30.2 Å². The molecule has 0 radical (unpaired) electrons. The minimum absolute atomic E-state index is 0.151. The molecular formula is C26H28N6O4S. The quantitative estimate of drug-likeness (QED) is 0.437. The highest BCUT2D eigenvalue weighted by Crippen LogP contribution is 2.60. The number of nitrogens with one attached hydrogen (secondary N) is 2. The van der Waals surface area contributed by atoms with Gasteiger partial charge in [-0.3, -0.25) is 14.5 Å². The van der Waals surface area contributed by atoms with Gasteiger partial charge in [0, 0.05) is 11.3 Å². The van der Waals surface area contributed by atoms with Crippen molar-refractivity contribution < 1.29 is 17.9 Å². The van der Waals surface area contributed by atoms with Crippen LogP contribution in [0.3, 0.4) is 0 Å². The lowest BCUT2D eigenvalue weighted by atomic mass is 9.78. The van der Waals surface area contributed by atoms with E-state index in [1.807, 2.05) is 31.2 Å². The lowest BCUT2D eigenvalue weighted by Gasteiger charge is -2.29. The summed E-state index contributed by atoms with van der Waals surface area (Å²) in [6, 6.07) is 9.09. The molecule has 1 aromatic carbocycles. The van der Waals surface area contributed by atoms with Crippen LogP contribution in [0.4, 0.5) is 11.4 Å². The number of rotatable bonds is 9. The summed E-state index contributed by atoms with van der Waals surface area (Å²) in [5.74, 6) is 1.28. The van der Waals surface area contributed by atoms with E-state index in [0.717, 1.165) is 12.0 Å². The third kappa shape index (κ3) is 4.75. The zero-order chi connectivity index (χ0) is 25.6. The molecule has 3 aliphatic rings. The number of hydrogen-bond acceptors (Lipinski definition) is 8. The number of fused-ring (bicyclic) bond motifs is 1. The Hall–Kier alpha value is -3.60. The fourth-order valence-electron chi connectivity index (χ4n) is 5.26. The van der Waals surface area contributed by atoms with Gasteiger partial charge in [-0.25, -0.2) is 13.4 Å². The van der Waals surface area contributed by atoms with Crippen LogP contribution in [0.1, 0.15) is 44.7 Å². The highest BCUT2D eigenvalue weighted by molar-refractivity contribution is 7.93. The van der Waals surface area contributed by atoms with Crippen molar-refractivity contribution in [1.29, 1.82) is 0 Å². The summed E-state index contributed by atoms with van der Waals surface area (Å²) in [5.41, 5.74) is 2.19. The van der Waals surface area contributed by atoms with Crippen LogP contribution in [0.5, 0.6) is 5.88 Å². The monoisotopic (exact) mass is 520 g/mol. The van der Waals surface area contributed by atoms with Gasteiger partial charge >= 0.3 is 0 Å². The van der Waals surface area contributed by atoms with Crippen LogP contribution in [0.2, 0.25) is 0 Å². The van der Waals surface area contributed by atoms with Gasteiger partial charge in [0.1, 0.15) is 0 Å². The Labute approximate surface area is 215 Å². The second-order valence-corrected chi connectivity index (χ2v) is 12.1. The molecule has 2 unspecified atom stereocenters. The number of sulfonamides is 1. The maximum atomic E-state index is 13.7. The van der Waals surface area contributed by atoms with E-state index in [1.54, 1.807) is 18.5 Å². The van der Waals surface area contributed by atoms with Crippen LogP contribution in [-0.2, 0) is 20.2 Å². The van der Waals surface area contributed by atoms with Crippen molar-refractivity contribution in [3.05, 3.63) is 54.6 Å². The first kappa shape index (κ1) is 23.8. The number of carbonyl (C=O) groups is 1. The van der Waals surface area contributed by atoms with Crippen LogP contribution in [0.25, 0.3) is 11.3 Å². The van der Waals surface area contributed by atoms with Gasteiger partial charge in [-0.2, -0.15) is 10.2 Å². The lowest BCUT2D eigenvalue weighted by Crippen LogP contribution is -2.40. The average Bonchev–Trinajstić information content (AvgIpc) is 3.83. The Morgan fingerprint density at radius 2 is 1.84 bits per heavy atom. The van der Waals surface area contributed by atoms with E-state index in [-0.39, 0.29) is 11.2 Å². The zero-order valence-electron chi connectivity index (χ0n) is 20.4. The van der Waals surface area contributed by atoms with Crippen molar-refractivity contribution in [2.75, 3.05) is 16.6 Å². The topological polar surface area (TPSA) is 136 Å². The molecule has 10 nitrogen and oxygen atoms in total. The number of amides is 1. The summed E-state index contributed by atoms with van der Waals surface area (Å²) in [5, 5.41) is 11.1. The predicted molar refractivity (Wildman–Crippen MR) is 137 cm³/mol. The smallest absolute Gasteiger partial charge is 0.236 e. The Balaban J connectivity index is 1.22. The van der Waals surface area contributed by atoms with E-state index >= 15 is 0 Å². The summed E-state index contributed by atoms with van der Waals surface area (Å²) in [7, 11) is -3.44. The Morgan fingerprint density at radius 3 is 2.54 bits per heavy atom. The molecule has 0 saturated heterocycles. The maximum absolute atomic E-state index is 13.7. The number of benzene rings is 1. The van der Waals surface area contributed by atoms with Crippen LogP contribution in [0, 0.1) is 11.8 Å². The van der Waals surface area contributed by atoms with Gasteiger partial charge in [0.25, 0.3) is 0 Å². The van der Waals surface area contributed by atoms with Crippen molar-refractivity contribution in [1.82, 2.24) is 20.2 Å². The van der Waals surface area contributed by atoms with E-state index in [4.69, 9.17) is 4.74 Å². The minimum Gasteiger partial charge on any atom is -0.477 e. The summed E-state index contributed by atoms with van der Waals surface area (Å²) >= 11 is 0. The number of nitrogens with zero attached hydrogens (tertiary/aromatic N) is 4. The first-order chi connectivity index (χ1) is 17.9. The Kier molecular flexibility index (Phi) is 5.82. The molecule has 37 heavy (non-hydrogen) atoms. The fourth-order valence-corrected chi connectivity index (χ4v) is 6.63. The fraction of sp³-hybridized carbons (Fsp3) is 0.423. The molecule has 2 aromatic heterocycles. The van der Waals surface area contributed by atoms with Crippen molar-refractivity contribution in [2.24, 2.45) is 11.8 Å². The standard InChI is InChI=1S/C26H28N6O4S/c1-2-36-24-15-27-14-22(30-24)16-3-5-19(6-4-16)29-25(33)26(11-17-9-18(17)12-26)23-10-20(13-28-31-23)32-37(34,35)21-7-8-21/h3-6,10,13-15,17-18,21H,2,7-9,11-12H2,1H3,(H,29,33)(H,31,32). The van der Waals surface area contributed by atoms with Crippen LogP contribution in [0.15, 0.2) is 48.9 Å². The zero-order valence-corrected chi connectivity index (χ0v) is 21.2. The van der Waals surface area contributed by atoms with Crippen LogP contribution >= 0.6 is 0 Å². The molecule has 2 atom stereocenters. The third-order valence-corrected chi connectivity index (χ3v) is 9.31. The van der Waals surface area contributed by atoms with Gasteiger partial charge in [0.2, 0.25) is 21.8 Å². The number of hydrogen-bond donors (Lipinski definition) is 2. The van der Waals surface area contributed by atoms with Crippen LogP contribution < -0.4 is 14.8 Å². The number of ether oxygens (including phenoxy) is 1. The van der Waals surface area contributed by atoms with E-state index < -0.39 is 15.4 Å². The first-order valence-electron chi connectivity index (χ1n) is 12.6. The summed E-state index contributed by atoms with van der Waals surface area (Å²) in [6.45, 7) is 2.40. The molecule has 3 aromatic rings. The van der Waals surface area contributed by atoms with E-state index in [9.17, 15) is 13.2 Å². The molecule has 3 fully saturated rings. The summed E-state index contributed by atoms with van der Waals surface area (Å²) < 4.78 is 32.9. The molecule has 0 bridgehead atoms. The second-order valence-electron chi connectivity index (χ2n) is 10.1. The molecule has 2 heterocycles. The summed E-state index contributed by atoms with van der Waals surface area (Å²) in [6.07, 6.45) is 8.43. The van der Waals surface area contributed by atoms with Crippen LogP contribution in [-0.4, -0.2) is 46.3 Å². The Bertz CT molecular complexity index is 1430. The number of carbonyl (C=O) groups excluding carboxylic acids is 1. The van der Waals surface area contributed by atoms with Gasteiger partial charge in [0.05, 0.1) is 52.9 Å². The number of aromatic nitrogens is 4. The molecule has 3 saturated carbocycles. The highest BCUT2D eigenvalue weighted by Gasteiger charge is 2.59. The van der Waals surface area contributed by atoms with Gasteiger partial charge in [-0.1, -0.05) is 12.1 Å². The van der Waals surface area contributed by atoms with Crippen molar-refractivity contribution >= 4 is 27.3 Å². The molecule has 0 aliphatic heterocycles. The molecule has 6 rings (SSSR count). The number of anilines is 2. The maximum Gasteiger partial charge on any atom is 0.236 e. The van der Waals surface area contributed by atoms with Gasteiger partial charge in [0.15, 0.2) is 0 Å². The molecule has 2 N–H and O–H groups in total. The highest BCUT2D eigenvalue weighted by atomic mass is 32.2. The molecular weight excluding hydrogens is 492 g/mol. The van der Waals surface area contributed by atoms with E-state index in [1.165, 1.54) is 6.20 Å². The molecule has 192 valence electrons. The minimum atomic E-state index is -3.44. The molecule has 1 amide bonds. The predicted octanol–water partition coefficient (Wildman–Crippen LogP) is 3.54. The first-order valence-corrected chi connectivity index (χ1v) is 14.1.